The Hall–Kier alpha value is -2.91. The fourth-order valence-electron chi connectivity index (χ4n) is 4.41. The summed E-state index contributed by atoms with van der Waals surface area (Å²) in [5, 5.41) is 0.266. The molecule has 2 heterocycles. The van der Waals surface area contributed by atoms with Gasteiger partial charge in [0, 0.05) is 30.5 Å². The van der Waals surface area contributed by atoms with Gasteiger partial charge in [0.15, 0.2) is 5.79 Å². The molecule has 36 heavy (non-hydrogen) atoms. The lowest BCUT2D eigenvalue weighted by molar-refractivity contribution is -0.186. The maximum absolute atomic E-state index is 14.1. The van der Waals surface area contributed by atoms with Gasteiger partial charge in [0.25, 0.3) is 5.56 Å². The fraction of sp³-hybridized carbons (Fsp3) is 0.481. The van der Waals surface area contributed by atoms with Gasteiger partial charge in [-0.05, 0) is 31.0 Å². The van der Waals surface area contributed by atoms with Crippen LogP contribution < -0.4 is 10.3 Å². The Kier molecular flexibility index (Phi) is 9.50. The van der Waals surface area contributed by atoms with Crippen LogP contribution in [0.1, 0.15) is 58.9 Å². The van der Waals surface area contributed by atoms with Gasteiger partial charge >= 0.3 is 0 Å². The highest BCUT2D eigenvalue weighted by Gasteiger charge is 2.40. The van der Waals surface area contributed by atoms with Gasteiger partial charge in [-0.3, -0.25) is 4.79 Å². The lowest BCUT2D eigenvalue weighted by atomic mass is 9.92. The second-order valence-electron chi connectivity index (χ2n) is 8.13. The molecule has 0 amide bonds. The Labute approximate surface area is 209 Å². The van der Waals surface area contributed by atoms with Gasteiger partial charge in [-0.15, -0.1) is 0 Å². The molecule has 0 bridgehead atoms. The Morgan fingerprint density at radius 1 is 1.00 bits per heavy atom. The molecule has 2 fully saturated rings. The summed E-state index contributed by atoms with van der Waals surface area (Å²) < 4.78 is 60.4. The second kappa shape index (κ2) is 12.4. The van der Waals surface area contributed by atoms with E-state index in [4.69, 9.17) is 14.2 Å². The minimum absolute atomic E-state index is 0.0350. The first-order valence-electron chi connectivity index (χ1n) is 12.5. The number of benzene rings is 2. The van der Waals surface area contributed by atoms with Gasteiger partial charge in [0.2, 0.25) is 0 Å². The molecule has 1 aliphatic carbocycles. The maximum atomic E-state index is 14.1. The third-order valence-corrected chi connectivity index (χ3v) is 6.07. The van der Waals surface area contributed by atoms with E-state index in [1.54, 1.807) is 18.2 Å². The smallest absolute Gasteiger partial charge is 0.280 e. The first-order chi connectivity index (χ1) is 17.4. The second-order valence-corrected chi connectivity index (χ2v) is 8.13. The van der Waals surface area contributed by atoms with Crippen molar-refractivity contribution in [2.75, 3.05) is 13.2 Å². The molecule has 0 radical (unpaired) electrons. The summed E-state index contributed by atoms with van der Waals surface area (Å²) in [6.45, 7) is 8.98. The molecule has 196 valence electrons. The van der Waals surface area contributed by atoms with Crippen molar-refractivity contribution in [1.29, 1.82) is 0 Å². The van der Waals surface area contributed by atoms with Crippen molar-refractivity contribution in [3.05, 3.63) is 70.0 Å². The van der Waals surface area contributed by atoms with Crippen molar-refractivity contribution >= 4 is 10.9 Å². The molecule has 1 aliphatic heterocycles. The lowest BCUT2D eigenvalue weighted by Gasteiger charge is -2.35. The number of ether oxygens (including phenoxy) is 3. The third-order valence-electron chi connectivity index (χ3n) is 6.07. The number of hydrogen-bond acceptors (Lipinski definition) is 5. The van der Waals surface area contributed by atoms with E-state index in [-0.39, 0.29) is 23.6 Å². The highest BCUT2D eigenvalue weighted by molar-refractivity contribution is 5.79. The predicted octanol–water partition coefficient (Wildman–Crippen LogP) is 5.98. The van der Waals surface area contributed by atoms with Gasteiger partial charge in [0.1, 0.15) is 23.2 Å². The van der Waals surface area contributed by atoms with Gasteiger partial charge in [-0.1, -0.05) is 27.7 Å². The van der Waals surface area contributed by atoms with Gasteiger partial charge in [-0.2, -0.15) is 4.98 Å². The summed E-state index contributed by atoms with van der Waals surface area (Å²) in [6.07, 6.45) is 4.20. The maximum Gasteiger partial charge on any atom is 0.280 e. The number of hydrogen-bond donors (Lipinski definition) is 0. The fourth-order valence-corrected chi connectivity index (χ4v) is 4.41. The topological polar surface area (TPSA) is 62.6 Å². The van der Waals surface area contributed by atoms with Crippen molar-refractivity contribution in [1.82, 2.24) is 9.55 Å². The number of fused-ring (bicyclic) bond motifs is 1. The first kappa shape index (κ1) is 27.7. The Balaban J connectivity index is 0.000000861. The Morgan fingerprint density at radius 3 is 2.22 bits per heavy atom. The molecule has 2 aromatic carbocycles. The normalized spacial score (nSPS) is 16.8. The van der Waals surface area contributed by atoms with Crippen LogP contribution in [0.5, 0.6) is 5.75 Å². The third kappa shape index (κ3) is 6.07. The number of nitrogens with zero attached hydrogens (tertiary/aromatic N) is 2. The summed E-state index contributed by atoms with van der Waals surface area (Å²) in [7, 11) is 0. The van der Waals surface area contributed by atoms with Gasteiger partial charge in [-0.25, -0.2) is 13.2 Å². The lowest BCUT2D eigenvalue weighted by Crippen LogP contribution is -2.38. The summed E-state index contributed by atoms with van der Waals surface area (Å²) in [5.41, 5.74) is -0.348. The molecule has 0 unspecified atom stereocenters. The van der Waals surface area contributed by atoms with Crippen LogP contribution in [0.15, 0.2) is 41.5 Å². The molecule has 6 nitrogen and oxygen atoms in total. The minimum atomic E-state index is -1.00. The highest BCUT2D eigenvalue weighted by atomic mass is 19.1. The standard InChI is InChI=1S/C23H21F3N2O4.2C2H6/c24-14-9-19(25)18(20(26)10-14)12-28-13-27-22(29)17-11-16(1-2-21(17)28)32-15-3-5-23(6-4-15)30-7-8-31-23;2*1-2/h1-2,9-11,13,15H,3-8,12H2;2*1-2H3. The van der Waals surface area contributed by atoms with Crippen LogP contribution in [0.4, 0.5) is 13.2 Å². The molecule has 1 saturated carbocycles. The van der Waals surface area contributed by atoms with Crippen LogP contribution in [0.3, 0.4) is 0 Å². The van der Waals surface area contributed by atoms with Crippen LogP contribution in [0.2, 0.25) is 0 Å². The highest BCUT2D eigenvalue weighted by Crippen LogP contribution is 2.37. The number of rotatable bonds is 4. The molecule has 0 atom stereocenters. The predicted molar refractivity (Wildman–Crippen MR) is 132 cm³/mol. The van der Waals surface area contributed by atoms with E-state index in [0.29, 0.717) is 36.6 Å². The number of aromatic nitrogens is 2. The van der Waals surface area contributed by atoms with E-state index in [0.717, 1.165) is 25.7 Å². The van der Waals surface area contributed by atoms with E-state index < -0.39 is 28.8 Å². The molecule has 9 heteroatoms. The zero-order valence-electron chi connectivity index (χ0n) is 21.2. The summed E-state index contributed by atoms with van der Waals surface area (Å²) in [6, 6.07) is 6.20. The molecular formula is C27H33F3N2O4. The first-order valence-corrected chi connectivity index (χ1v) is 12.5. The van der Waals surface area contributed by atoms with Crippen molar-refractivity contribution in [2.45, 2.75) is 71.8 Å². The van der Waals surface area contributed by atoms with Crippen LogP contribution >= 0.6 is 0 Å². The minimum Gasteiger partial charge on any atom is -0.490 e. The monoisotopic (exact) mass is 506 g/mol. The zero-order valence-corrected chi connectivity index (χ0v) is 21.2. The quantitative estimate of drug-likeness (QED) is 0.436. The molecule has 1 spiro atoms. The van der Waals surface area contributed by atoms with Crippen LogP contribution in [-0.4, -0.2) is 34.7 Å². The summed E-state index contributed by atoms with van der Waals surface area (Å²) in [4.78, 5) is 16.2. The molecule has 3 aromatic rings. The van der Waals surface area contributed by atoms with Crippen LogP contribution in [-0.2, 0) is 16.0 Å². The summed E-state index contributed by atoms with van der Waals surface area (Å²) in [5.74, 6) is -2.96. The van der Waals surface area contributed by atoms with E-state index >= 15 is 0 Å². The molecule has 0 N–H and O–H groups in total. The largest absolute Gasteiger partial charge is 0.490 e. The molecule has 1 aromatic heterocycles. The SMILES string of the molecule is CC.CC.O=c1ncn(Cc2c(F)cc(F)cc2F)c2ccc(OC3CCC4(CC3)OCCO4)cc12. The van der Waals surface area contributed by atoms with Crippen molar-refractivity contribution in [2.24, 2.45) is 0 Å². The van der Waals surface area contributed by atoms with E-state index in [9.17, 15) is 18.0 Å². The molecule has 1 saturated heterocycles. The van der Waals surface area contributed by atoms with Crippen LogP contribution in [0.25, 0.3) is 10.9 Å². The van der Waals surface area contributed by atoms with E-state index in [1.807, 2.05) is 27.7 Å². The molecular weight excluding hydrogens is 473 g/mol. The average Bonchev–Trinajstić information content (AvgIpc) is 3.35. The van der Waals surface area contributed by atoms with Crippen molar-refractivity contribution in [3.8, 4) is 5.75 Å². The Morgan fingerprint density at radius 2 is 1.61 bits per heavy atom. The average molecular weight is 507 g/mol. The van der Waals surface area contributed by atoms with E-state index in [1.165, 1.54) is 10.9 Å². The van der Waals surface area contributed by atoms with Crippen LogP contribution in [0, 0.1) is 17.5 Å². The summed E-state index contributed by atoms with van der Waals surface area (Å²) >= 11 is 0. The number of halogens is 3. The van der Waals surface area contributed by atoms with Gasteiger partial charge in [0.05, 0.1) is 43.1 Å². The Bertz CT molecular complexity index is 1190. The zero-order chi connectivity index (χ0) is 26.3. The molecule has 5 rings (SSSR count). The van der Waals surface area contributed by atoms with Gasteiger partial charge < -0.3 is 18.8 Å². The van der Waals surface area contributed by atoms with E-state index in [2.05, 4.69) is 4.98 Å². The van der Waals surface area contributed by atoms with Crippen molar-refractivity contribution in [3.63, 3.8) is 0 Å². The molecule has 2 aliphatic rings. The van der Waals surface area contributed by atoms with Crippen molar-refractivity contribution < 1.29 is 27.4 Å².